The standard InChI is InChI=1S/C9H14N6O3S/c1-13-19(17,18)5-2-3-7(16)6(4-5)14-9(12)15-8(10)11/h2-4,13,16H,1H3,(H6,10,11,12,14,15). The Kier molecular flexibility index (Phi) is 4.30. The summed E-state index contributed by atoms with van der Waals surface area (Å²) in [5.74, 6) is -0.877. The molecule has 1 aromatic carbocycles. The van der Waals surface area contributed by atoms with Crippen LogP contribution in [-0.2, 0) is 10.0 Å². The van der Waals surface area contributed by atoms with Crippen molar-refractivity contribution in [1.82, 2.24) is 4.72 Å². The van der Waals surface area contributed by atoms with Gasteiger partial charge in [-0.1, -0.05) is 0 Å². The van der Waals surface area contributed by atoms with Crippen molar-refractivity contribution >= 4 is 27.6 Å². The highest BCUT2D eigenvalue weighted by Gasteiger charge is 2.13. The van der Waals surface area contributed by atoms with Gasteiger partial charge in [0, 0.05) is 0 Å². The molecule has 1 aromatic rings. The highest BCUT2D eigenvalue weighted by atomic mass is 32.2. The molecule has 1 rings (SSSR count). The molecule has 0 saturated carbocycles. The lowest BCUT2D eigenvalue weighted by molar-refractivity contribution is 0.476. The van der Waals surface area contributed by atoms with Crippen LogP contribution in [-0.4, -0.2) is 32.5 Å². The SMILES string of the molecule is CNS(=O)(=O)c1ccc(O)c(N=C(N)N=C(N)N)c1. The van der Waals surface area contributed by atoms with Crippen LogP contribution in [0, 0.1) is 0 Å². The van der Waals surface area contributed by atoms with E-state index >= 15 is 0 Å². The molecule has 0 heterocycles. The molecule has 0 atom stereocenters. The van der Waals surface area contributed by atoms with Crippen molar-refractivity contribution in [2.75, 3.05) is 7.05 Å². The van der Waals surface area contributed by atoms with Gasteiger partial charge in [0.05, 0.1) is 4.90 Å². The highest BCUT2D eigenvalue weighted by molar-refractivity contribution is 7.89. The van der Waals surface area contributed by atoms with E-state index in [4.69, 9.17) is 17.2 Å². The van der Waals surface area contributed by atoms with Crippen LogP contribution in [0.25, 0.3) is 0 Å². The first kappa shape index (κ1) is 14.7. The number of nitrogens with zero attached hydrogens (tertiary/aromatic N) is 2. The normalized spacial score (nSPS) is 12.2. The van der Waals surface area contributed by atoms with Gasteiger partial charge in [0.2, 0.25) is 16.0 Å². The van der Waals surface area contributed by atoms with Crippen LogP contribution in [0.2, 0.25) is 0 Å². The summed E-state index contributed by atoms with van der Waals surface area (Å²) < 4.78 is 25.3. The van der Waals surface area contributed by atoms with Crippen molar-refractivity contribution in [1.29, 1.82) is 0 Å². The van der Waals surface area contributed by atoms with Gasteiger partial charge in [-0.2, -0.15) is 4.99 Å². The number of benzene rings is 1. The molecule has 10 heteroatoms. The lowest BCUT2D eigenvalue weighted by atomic mass is 10.3. The van der Waals surface area contributed by atoms with Gasteiger partial charge in [0.1, 0.15) is 11.4 Å². The number of aromatic hydroxyl groups is 1. The van der Waals surface area contributed by atoms with E-state index in [1.807, 2.05) is 0 Å². The Morgan fingerprint density at radius 1 is 1.32 bits per heavy atom. The van der Waals surface area contributed by atoms with E-state index < -0.39 is 10.0 Å². The van der Waals surface area contributed by atoms with Crippen LogP contribution < -0.4 is 21.9 Å². The molecule has 104 valence electrons. The van der Waals surface area contributed by atoms with Crippen molar-refractivity contribution in [2.45, 2.75) is 4.90 Å². The van der Waals surface area contributed by atoms with Crippen LogP contribution in [0.4, 0.5) is 5.69 Å². The van der Waals surface area contributed by atoms with Gasteiger partial charge in [0.25, 0.3) is 0 Å². The van der Waals surface area contributed by atoms with E-state index in [1.54, 1.807) is 0 Å². The first-order chi connectivity index (χ1) is 8.76. The van der Waals surface area contributed by atoms with E-state index in [2.05, 4.69) is 14.7 Å². The summed E-state index contributed by atoms with van der Waals surface area (Å²) >= 11 is 0. The molecule has 8 N–H and O–H groups in total. The minimum Gasteiger partial charge on any atom is -0.506 e. The first-order valence-corrected chi connectivity index (χ1v) is 6.45. The van der Waals surface area contributed by atoms with Crippen LogP contribution in [0.15, 0.2) is 33.1 Å². The quantitative estimate of drug-likeness (QED) is 0.335. The highest BCUT2D eigenvalue weighted by Crippen LogP contribution is 2.28. The smallest absolute Gasteiger partial charge is 0.240 e. The van der Waals surface area contributed by atoms with Crippen LogP contribution in [0.3, 0.4) is 0 Å². The fourth-order valence-corrected chi connectivity index (χ4v) is 1.91. The molecule has 0 radical (unpaired) electrons. The van der Waals surface area contributed by atoms with Crippen molar-refractivity contribution in [2.24, 2.45) is 27.2 Å². The number of hydrogen-bond donors (Lipinski definition) is 5. The average Bonchev–Trinajstić information content (AvgIpc) is 2.30. The van der Waals surface area contributed by atoms with E-state index in [1.165, 1.54) is 19.2 Å². The number of guanidine groups is 2. The van der Waals surface area contributed by atoms with Crippen molar-refractivity contribution in [3.05, 3.63) is 18.2 Å². The molecule has 9 nitrogen and oxygen atoms in total. The fraction of sp³-hybridized carbons (Fsp3) is 0.111. The van der Waals surface area contributed by atoms with Crippen molar-refractivity contribution in [3.63, 3.8) is 0 Å². The van der Waals surface area contributed by atoms with E-state index in [-0.39, 0.29) is 28.3 Å². The molecule has 0 amide bonds. The number of rotatable bonds is 3. The zero-order chi connectivity index (χ0) is 14.6. The van der Waals surface area contributed by atoms with Crippen LogP contribution >= 0.6 is 0 Å². The summed E-state index contributed by atoms with van der Waals surface area (Å²) in [7, 11) is -2.39. The molecule has 19 heavy (non-hydrogen) atoms. The maximum Gasteiger partial charge on any atom is 0.240 e. The minimum absolute atomic E-state index is 0.0705. The number of phenols is 1. The Bertz CT molecular complexity index is 633. The molecule has 0 aromatic heterocycles. The second-order valence-electron chi connectivity index (χ2n) is 3.36. The maximum atomic E-state index is 11.6. The van der Waals surface area contributed by atoms with Crippen molar-refractivity contribution in [3.8, 4) is 5.75 Å². The Morgan fingerprint density at radius 2 is 1.95 bits per heavy atom. The topological polar surface area (TPSA) is 169 Å². The molecular formula is C9H14N6O3S. The second kappa shape index (κ2) is 5.54. The molecule has 0 unspecified atom stereocenters. The van der Waals surface area contributed by atoms with Gasteiger partial charge >= 0.3 is 0 Å². The monoisotopic (exact) mass is 286 g/mol. The second-order valence-corrected chi connectivity index (χ2v) is 5.25. The first-order valence-electron chi connectivity index (χ1n) is 4.96. The molecule has 0 aliphatic rings. The van der Waals surface area contributed by atoms with Gasteiger partial charge < -0.3 is 22.3 Å². The summed E-state index contributed by atoms with van der Waals surface area (Å²) in [6.45, 7) is 0. The maximum absolute atomic E-state index is 11.6. The number of nitrogens with one attached hydrogen (secondary N) is 1. The Balaban J connectivity index is 3.30. The molecule has 0 bridgehead atoms. The van der Waals surface area contributed by atoms with Gasteiger partial charge in [-0.05, 0) is 25.2 Å². The predicted octanol–water partition coefficient (Wildman–Crippen LogP) is -1.48. The van der Waals surface area contributed by atoms with E-state index in [0.717, 1.165) is 6.07 Å². The summed E-state index contributed by atoms with van der Waals surface area (Å²) in [6, 6.07) is 3.53. The van der Waals surface area contributed by atoms with Crippen LogP contribution in [0.1, 0.15) is 0 Å². The van der Waals surface area contributed by atoms with Gasteiger partial charge in [-0.3, -0.25) is 0 Å². The van der Waals surface area contributed by atoms with E-state index in [0.29, 0.717) is 0 Å². The molecular weight excluding hydrogens is 272 g/mol. The number of sulfonamides is 1. The van der Waals surface area contributed by atoms with Crippen LogP contribution in [0.5, 0.6) is 5.75 Å². The number of aliphatic imine (C=N–C) groups is 2. The van der Waals surface area contributed by atoms with Crippen molar-refractivity contribution < 1.29 is 13.5 Å². The average molecular weight is 286 g/mol. The zero-order valence-corrected chi connectivity index (χ0v) is 10.8. The largest absolute Gasteiger partial charge is 0.506 e. The Labute approximate surface area is 109 Å². The molecule has 0 spiro atoms. The number of hydrogen-bond acceptors (Lipinski definition) is 4. The number of phenolic OH excluding ortho intramolecular Hbond substituents is 1. The Morgan fingerprint density at radius 3 is 2.47 bits per heavy atom. The summed E-state index contributed by atoms with van der Waals surface area (Å²) in [5.41, 5.74) is 15.5. The zero-order valence-electron chi connectivity index (χ0n) is 10.0. The molecule has 0 aliphatic heterocycles. The molecule has 0 fully saturated rings. The fourth-order valence-electron chi connectivity index (χ4n) is 1.16. The van der Waals surface area contributed by atoms with Gasteiger partial charge in [-0.15, -0.1) is 0 Å². The summed E-state index contributed by atoms with van der Waals surface area (Å²) in [4.78, 5) is 7.08. The summed E-state index contributed by atoms with van der Waals surface area (Å²) in [5, 5.41) is 9.57. The Hall–Kier alpha value is -2.33. The number of nitrogens with two attached hydrogens (primary N) is 3. The van der Waals surface area contributed by atoms with Gasteiger partial charge in [-0.25, -0.2) is 18.1 Å². The predicted molar refractivity (Wildman–Crippen MR) is 71.4 cm³/mol. The lowest BCUT2D eigenvalue weighted by Gasteiger charge is -2.05. The third-order valence-electron chi connectivity index (χ3n) is 2.00. The molecule has 0 aliphatic carbocycles. The lowest BCUT2D eigenvalue weighted by Crippen LogP contribution is -2.26. The minimum atomic E-state index is -3.65. The van der Waals surface area contributed by atoms with E-state index in [9.17, 15) is 13.5 Å². The third kappa shape index (κ3) is 3.82. The van der Waals surface area contributed by atoms with Gasteiger partial charge in [0.15, 0.2) is 5.96 Å². The third-order valence-corrected chi connectivity index (χ3v) is 3.42. The molecule has 0 saturated heterocycles. The summed E-state index contributed by atoms with van der Waals surface area (Å²) in [6.07, 6.45) is 0.